The number of nitrogens with one attached hydrogen (secondary N) is 1. The molecule has 1 heterocycles. The van der Waals surface area contributed by atoms with E-state index in [1.807, 2.05) is 38.1 Å². The Morgan fingerprint density at radius 2 is 1.97 bits per heavy atom. The van der Waals surface area contributed by atoms with Crippen molar-refractivity contribution in [1.82, 2.24) is 14.8 Å². The maximum absolute atomic E-state index is 13.3. The summed E-state index contributed by atoms with van der Waals surface area (Å²) in [4.78, 5) is 22.2. The Bertz CT molecular complexity index is 1160. The molecule has 0 spiro atoms. The summed E-state index contributed by atoms with van der Waals surface area (Å²) in [6.45, 7) is 4.36. The van der Waals surface area contributed by atoms with Crippen LogP contribution in [-0.2, 0) is 17.5 Å². The Kier molecular flexibility index (Phi) is 6.82. The normalized spacial score (nSPS) is 11.4. The fourth-order valence-electron chi connectivity index (χ4n) is 2.98. The summed E-state index contributed by atoms with van der Waals surface area (Å²) in [7, 11) is 0. The highest BCUT2D eigenvalue weighted by Crippen LogP contribution is 2.37. The summed E-state index contributed by atoms with van der Waals surface area (Å²) in [5, 5.41) is 21.7. The third-order valence-corrected chi connectivity index (χ3v) is 5.40. The van der Waals surface area contributed by atoms with Crippen LogP contribution in [0.1, 0.15) is 18.1 Å². The molecule has 32 heavy (non-hydrogen) atoms. The third kappa shape index (κ3) is 5.25. The van der Waals surface area contributed by atoms with Crippen LogP contribution in [0.5, 0.6) is 0 Å². The van der Waals surface area contributed by atoms with E-state index in [2.05, 4.69) is 15.5 Å². The molecule has 3 rings (SSSR count). The number of carbonyl (C=O) groups is 1. The molecule has 0 aliphatic carbocycles. The second kappa shape index (κ2) is 9.39. The minimum absolute atomic E-state index is 0.222. The summed E-state index contributed by atoms with van der Waals surface area (Å²) in [5.41, 5.74) is -0.652. The molecule has 0 saturated heterocycles. The molecule has 0 bridgehead atoms. The first kappa shape index (κ1) is 23.3. The number of nitro benzene ring substituents is 1. The minimum Gasteiger partial charge on any atom is -0.325 e. The second-order valence-corrected chi connectivity index (χ2v) is 7.68. The molecule has 3 aromatic rings. The minimum atomic E-state index is -4.87. The van der Waals surface area contributed by atoms with Gasteiger partial charge < -0.3 is 9.88 Å². The van der Waals surface area contributed by atoms with Gasteiger partial charge in [-0.2, -0.15) is 13.2 Å². The van der Waals surface area contributed by atoms with Gasteiger partial charge in [-0.1, -0.05) is 35.5 Å². The Morgan fingerprint density at radius 1 is 1.22 bits per heavy atom. The standard InChI is InChI=1S/C20H18F3N5O3S/c1-3-27-18(13-6-4-5-12(2)9-13)25-26-19(27)32-11-17(29)24-16-8-7-14(28(30)31)10-15(16)20(21,22)23/h4-10H,3,11H2,1-2H3,(H,24,29). The predicted molar refractivity (Wildman–Crippen MR) is 113 cm³/mol. The van der Waals surface area contributed by atoms with Crippen molar-refractivity contribution >= 4 is 29.0 Å². The Balaban J connectivity index is 1.75. The van der Waals surface area contributed by atoms with Gasteiger partial charge in [-0.25, -0.2) is 0 Å². The SMILES string of the molecule is CCn1c(SCC(=O)Nc2ccc([N+](=O)[O-])cc2C(F)(F)F)nnc1-c1cccc(C)c1. The third-order valence-electron chi connectivity index (χ3n) is 4.44. The number of nitro groups is 1. The first-order chi connectivity index (χ1) is 15.1. The number of non-ortho nitro benzene ring substituents is 1. The van der Waals surface area contributed by atoms with Crippen LogP contribution in [0.15, 0.2) is 47.6 Å². The van der Waals surface area contributed by atoms with Crippen LogP contribution in [0.3, 0.4) is 0 Å². The van der Waals surface area contributed by atoms with Crippen molar-refractivity contribution in [2.45, 2.75) is 31.7 Å². The van der Waals surface area contributed by atoms with Crippen molar-refractivity contribution in [3.8, 4) is 11.4 Å². The van der Waals surface area contributed by atoms with Crippen molar-refractivity contribution < 1.29 is 22.9 Å². The molecule has 1 amide bonds. The molecule has 0 aliphatic rings. The van der Waals surface area contributed by atoms with Gasteiger partial charge in [-0.15, -0.1) is 10.2 Å². The second-order valence-electron chi connectivity index (χ2n) is 6.74. The van der Waals surface area contributed by atoms with Crippen molar-refractivity contribution in [3.05, 3.63) is 63.7 Å². The molecule has 1 aromatic heterocycles. The summed E-state index contributed by atoms with van der Waals surface area (Å²) < 4.78 is 41.7. The maximum Gasteiger partial charge on any atom is 0.418 e. The van der Waals surface area contributed by atoms with Gasteiger partial charge in [0.1, 0.15) is 0 Å². The Labute approximate surface area is 185 Å². The van der Waals surface area contributed by atoms with E-state index < -0.39 is 33.9 Å². The van der Waals surface area contributed by atoms with Crippen LogP contribution in [0.4, 0.5) is 24.5 Å². The lowest BCUT2D eigenvalue weighted by Crippen LogP contribution is -2.18. The average Bonchev–Trinajstić information content (AvgIpc) is 3.14. The molecule has 0 unspecified atom stereocenters. The zero-order chi connectivity index (χ0) is 23.5. The molecule has 12 heteroatoms. The first-order valence-corrected chi connectivity index (χ1v) is 10.4. The zero-order valence-corrected chi connectivity index (χ0v) is 17.8. The molecule has 0 radical (unpaired) electrons. The lowest BCUT2D eigenvalue weighted by molar-refractivity contribution is -0.385. The van der Waals surface area contributed by atoms with E-state index in [4.69, 9.17) is 0 Å². The smallest absolute Gasteiger partial charge is 0.325 e. The number of thioether (sulfide) groups is 1. The number of alkyl halides is 3. The number of aryl methyl sites for hydroxylation is 1. The molecule has 0 fully saturated rings. The lowest BCUT2D eigenvalue weighted by Gasteiger charge is -2.13. The van der Waals surface area contributed by atoms with Crippen LogP contribution < -0.4 is 5.32 Å². The summed E-state index contributed by atoms with van der Waals surface area (Å²) in [5.74, 6) is -0.314. The van der Waals surface area contributed by atoms with E-state index in [0.717, 1.165) is 35.0 Å². The average molecular weight is 465 g/mol. The fourth-order valence-corrected chi connectivity index (χ4v) is 3.79. The molecule has 168 valence electrons. The van der Waals surface area contributed by atoms with E-state index in [0.29, 0.717) is 23.6 Å². The van der Waals surface area contributed by atoms with Crippen LogP contribution in [0.2, 0.25) is 0 Å². The summed E-state index contributed by atoms with van der Waals surface area (Å²) in [6, 6.07) is 9.84. The maximum atomic E-state index is 13.3. The van der Waals surface area contributed by atoms with Gasteiger partial charge in [0.25, 0.3) is 5.69 Å². The van der Waals surface area contributed by atoms with Gasteiger partial charge >= 0.3 is 6.18 Å². The van der Waals surface area contributed by atoms with E-state index in [9.17, 15) is 28.1 Å². The van der Waals surface area contributed by atoms with E-state index >= 15 is 0 Å². The highest BCUT2D eigenvalue weighted by atomic mass is 32.2. The largest absolute Gasteiger partial charge is 0.418 e. The quantitative estimate of drug-likeness (QED) is 0.301. The predicted octanol–water partition coefficient (Wildman–Crippen LogP) is 4.93. The number of anilines is 1. The van der Waals surface area contributed by atoms with Crippen molar-refractivity contribution in [3.63, 3.8) is 0 Å². The van der Waals surface area contributed by atoms with Gasteiger partial charge in [0, 0.05) is 24.2 Å². The Hall–Kier alpha value is -3.41. The first-order valence-electron chi connectivity index (χ1n) is 9.38. The van der Waals surface area contributed by atoms with E-state index in [1.165, 1.54) is 0 Å². The van der Waals surface area contributed by atoms with Gasteiger partial charge in [0.2, 0.25) is 5.91 Å². The number of aromatic nitrogens is 3. The number of benzene rings is 2. The summed E-state index contributed by atoms with van der Waals surface area (Å²) >= 11 is 1.03. The van der Waals surface area contributed by atoms with Gasteiger partial charge in [0.05, 0.1) is 21.9 Å². The number of carbonyl (C=O) groups excluding carboxylic acids is 1. The van der Waals surface area contributed by atoms with Gasteiger partial charge in [0.15, 0.2) is 11.0 Å². The van der Waals surface area contributed by atoms with Gasteiger partial charge in [-0.3, -0.25) is 14.9 Å². The van der Waals surface area contributed by atoms with Crippen molar-refractivity contribution in [2.24, 2.45) is 0 Å². The number of nitrogens with zero attached hydrogens (tertiary/aromatic N) is 4. The monoisotopic (exact) mass is 465 g/mol. The molecule has 8 nitrogen and oxygen atoms in total. The number of halogens is 3. The highest BCUT2D eigenvalue weighted by molar-refractivity contribution is 7.99. The zero-order valence-electron chi connectivity index (χ0n) is 17.0. The van der Waals surface area contributed by atoms with Gasteiger partial charge in [-0.05, 0) is 26.0 Å². The van der Waals surface area contributed by atoms with Crippen LogP contribution in [0, 0.1) is 17.0 Å². The summed E-state index contributed by atoms with van der Waals surface area (Å²) in [6.07, 6.45) is -4.87. The topological polar surface area (TPSA) is 103 Å². The molecule has 0 saturated carbocycles. The molecule has 0 aliphatic heterocycles. The highest BCUT2D eigenvalue weighted by Gasteiger charge is 2.35. The van der Waals surface area contributed by atoms with Crippen molar-refractivity contribution in [1.29, 1.82) is 0 Å². The number of rotatable bonds is 7. The molecular formula is C20H18F3N5O3S. The lowest BCUT2D eigenvalue weighted by atomic mass is 10.1. The Morgan fingerprint density at radius 3 is 2.59 bits per heavy atom. The molecule has 0 atom stereocenters. The fraction of sp³-hybridized carbons (Fsp3) is 0.250. The number of hydrogen-bond acceptors (Lipinski definition) is 6. The van der Waals surface area contributed by atoms with E-state index in [1.54, 1.807) is 4.57 Å². The molecular weight excluding hydrogens is 447 g/mol. The number of amides is 1. The number of hydrogen-bond donors (Lipinski definition) is 1. The van der Waals surface area contributed by atoms with E-state index in [-0.39, 0.29) is 5.75 Å². The van der Waals surface area contributed by atoms with Crippen LogP contribution in [-0.4, -0.2) is 31.3 Å². The van der Waals surface area contributed by atoms with Crippen LogP contribution in [0.25, 0.3) is 11.4 Å². The molecule has 1 N–H and O–H groups in total. The van der Waals surface area contributed by atoms with Crippen LogP contribution >= 0.6 is 11.8 Å². The van der Waals surface area contributed by atoms with Crippen molar-refractivity contribution in [2.75, 3.05) is 11.1 Å². The molecule has 2 aromatic carbocycles.